The molecule has 0 radical (unpaired) electrons. The van der Waals surface area contributed by atoms with Crippen LogP contribution in [0, 0.1) is 40.4 Å². The van der Waals surface area contributed by atoms with E-state index in [4.69, 9.17) is 4.74 Å². The Morgan fingerprint density at radius 2 is 1.58 bits per heavy atom. The molecule has 0 amide bonds. The Morgan fingerprint density at radius 1 is 0.808 bits per heavy atom. The van der Waals surface area contributed by atoms with Gasteiger partial charge >= 0.3 is 0 Å². The summed E-state index contributed by atoms with van der Waals surface area (Å²) in [6.07, 6.45) is 14.4. The fraction of sp³-hybridized carbons (Fsp3) is 1.00. The Kier molecular flexibility index (Phi) is 4.12. The lowest BCUT2D eigenvalue weighted by Crippen LogP contribution is -2.55. The van der Waals surface area contributed by atoms with Gasteiger partial charge in [-0.05, 0) is 118 Å². The summed E-state index contributed by atoms with van der Waals surface area (Å²) in [5.41, 5.74) is 1.18. The molecule has 1 saturated heterocycles. The monoisotopic (exact) mass is 360 g/mol. The Balaban J connectivity index is 1.41. The number of hydrogen-bond acceptors (Lipinski definition) is 2. The number of ether oxygens (including phenoxy) is 1. The van der Waals surface area contributed by atoms with E-state index >= 15 is 0 Å². The Bertz CT molecular complexity index is 552. The smallest absolute Gasteiger partial charge is 0.0688 e. The molecule has 1 heterocycles. The molecule has 2 nitrogen and oxygen atoms in total. The summed E-state index contributed by atoms with van der Waals surface area (Å²) < 4.78 is 6.36. The first-order chi connectivity index (χ1) is 12.4. The van der Waals surface area contributed by atoms with Crippen LogP contribution in [-0.4, -0.2) is 23.4 Å². The van der Waals surface area contributed by atoms with Crippen molar-refractivity contribution in [1.82, 2.24) is 0 Å². The minimum absolute atomic E-state index is 0.0196. The lowest BCUT2D eigenvalue weighted by molar-refractivity contribution is -0.145. The molecule has 4 saturated carbocycles. The second-order valence-corrected chi connectivity index (χ2v) is 11.5. The third kappa shape index (κ3) is 2.36. The maximum atomic E-state index is 10.2. The molecule has 1 unspecified atom stereocenters. The first-order valence-electron chi connectivity index (χ1n) is 11.7. The molecule has 5 aliphatic rings. The summed E-state index contributed by atoms with van der Waals surface area (Å²) in [5, 5.41) is 10.2. The van der Waals surface area contributed by atoms with Gasteiger partial charge in [0, 0.05) is 6.61 Å². The van der Waals surface area contributed by atoms with Gasteiger partial charge in [-0.3, -0.25) is 0 Å². The van der Waals surface area contributed by atoms with Crippen LogP contribution >= 0.6 is 0 Å². The van der Waals surface area contributed by atoms with Gasteiger partial charge in [-0.1, -0.05) is 13.8 Å². The Morgan fingerprint density at radius 3 is 2.35 bits per heavy atom. The third-order valence-corrected chi connectivity index (χ3v) is 10.6. The number of aliphatic hydroxyl groups excluding tert-OH is 1. The highest BCUT2D eigenvalue weighted by Gasteiger charge is 2.63. The fourth-order valence-corrected chi connectivity index (χ4v) is 9.31. The molecule has 2 heteroatoms. The average molecular weight is 361 g/mol. The van der Waals surface area contributed by atoms with Crippen LogP contribution in [0.1, 0.15) is 91.4 Å². The molecular formula is C24H40O2. The van der Waals surface area contributed by atoms with Crippen molar-refractivity contribution in [3.63, 3.8) is 0 Å². The number of aliphatic hydroxyl groups is 1. The van der Waals surface area contributed by atoms with Crippen molar-refractivity contribution in [2.75, 3.05) is 6.61 Å². The van der Waals surface area contributed by atoms with Crippen molar-refractivity contribution in [3.8, 4) is 0 Å². The van der Waals surface area contributed by atoms with E-state index in [1.54, 1.807) is 0 Å². The zero-order valence-corrected chi connectivity index (χ0v) is 17.3. The maximum absolute atomic E-state index is 10.2. The summed E-state index contributed by atoms with van der Waals surface area (Å²) >= 11 is 0. The summed E-state index contributed by atoms with van der Waals surface area (Å²) in [6.45, 7) is 8.68. The van der Waals surface area contributed by atoms with Crippen molar-refractivity contribution < 1.29 is 9.84 Å². The molecule has 1 N–H and O–H groups in total. The van der Waals surface area contributed by atoms with E-state index in [9.17, 15) is 5.11 Å². The van der Waals surface area contributed by atoms with Crippen molar-refractivity contribution in [2.24, 2.45) is 40.4 Å². The number of hydrogen-bond donors (Lipinski definition) is 1. The predicted octanol–water partition coefficient (Wildman–Crippen LogP) is 5.58. The van der Waals surface area contributed by atoms with E-state index in [0.717, 1.165) is 49.0 Å². The molecule has 0 spiro atoms. The van der Waals surface area contributed by atoms with Crippen LogP contribution in [0.4, 0.5) is 0 Å². The van der Waals surface area contributed by atoms with Crippen LogP contribution in [0.3, 0.4) is 0 Å². The molecule has 5 rings (SSSR count). The van der Waals surface area contributed by atoms with E-state index in [0.29, 0.717) is 10.8 Å². The molecule has 0 aromatic heterocycles. The summed E-state index contributed by atoms with van der Waals surface area (Å²) in [5.74, 6) is 4.35. The highest BCUT2D eigenvalue weighted by molar-refractivity contribution is 5.12. The van der Waals surface area contributed by atoms with E-state index < -0.39 is 0 Å². The van der Waals surface area contributed by atoms with Gasteiger partial charge in [0.05, 0.1) is 11.7 Å². The second-order valence-electron chi connectivity index (χ2n) is 11.5. The van der Waals surface area contributed by atoms with Crippen molar-refractivity contribution >= 4 is 0 Å². The van der Waals surface area contributed by atoms with Crippen molar-refractivity contribution in [2.45, 2.75) is 103 Å². The van der Waals surface area contributed by atoms with Crippen LogP contribution < -0.4 is 0 Å². The zero-order chi connectivity index (χ0) is 18.2. The van der Waals surface area contributed by atoms with Crippen LogP contribution in [0.2, 0.25) is 0 Å². The molecule has 1 aliphatic heterocycles. The van der Waals surface area contributed by atoms with Gasteiger partial charge in [0.15, 0.2) is 0 Å². The molecule has 9 atom stereocenters. The quantitative estimate of drug-likeness (QED) is 0.662. The lowest BCUT2D eigenvalue weighted by atomic mass is 9.44. The Labute approximate surface area is 160 Å². The molecule has 0 bridgehead atoms. The van der Waals surface area contributed by atoms with Gasteiger partial charge in [0.2, 0.25) is 0 Å². The van der Waals surface area contributed by atoms with E-state index in [1.165, 1.54) is 57.8 Å². The third-order valence-electron chi connectivity index (χ3n) is 10.6. The van der Waals surface area contributed by atoms with Crippen molar-refractivity contribution in [1.29, 1.82) is 0 Å². The normalized spacial score (nSPS) is 59.5. The zero-order valence-electron chi connectivity index (χ0n) is 17.3. The predicted molar refractivity (Wildman–Crippen MR) is 105 cm³/mol. The first-order valence-corrected chi connectivity index (χ1v) is 11.7. The van der Waals surface area contributed by atoms with Crippen LogP contribution in [-0.2, 0) is 4.74 Å². The second kappa shape index (κ2) is 5.96. The van der Waals surface area contributed by atoms with Gasteiger partial charge in [0.1, 0.15) is 0 Å². The molecule has 0 aromatic carbocycles. The van der Waals surface area contributed by atoms with Gasteiger partial charge in [-0.15, -0.1) is 0 Å². The minimum atomic E-state index is -0.0196. The van der Waals surface area contributed by atoms with E-state index in [2.05, 4.69) is 20.8 Å². The fourth-order valence-electron chi connectivity index (χ4n) is 9.31. The summed E-state index contributed by atoms with van der Waals surface area (Å²) in [6, 6.07) is 0. The van der Waals surface area contributed by atoms with E-state index in [-0.39, 0.29) is 11.7 Å². The summed E-state index contributed by atoms with van der Waals surface area (Å²) in [4.78, 5) is 0. The topological polar surface area (TPSA) is 29.5 Å². The molecule has 5 fully saturated rings. The SMILES string of the molecule is CC1([C@H]2CC[C@H]3[C@@H]4CC[C@H]5C[C@H](O)CC[C@]5(C)[C@H]4CC[C@]23C)CCCO1. The van der Waals surface area contributed by atoms with Gasteiger partial charge in [0.25, 0.3) is 0 Å². The largest absolute Gasteiger partial charge is 0.393 e. The average Bonchev–Trinajstić information content (AvgIpc) is 3.19. The summed E-state index contributed by atoms with van der Waals surface area (Å²) in [7, 11) is 0. The van der Waals surface area contributed by atoms with Crippen molar-refractivity contribution in [3.05, 3.63) is 0 Å². The number of fused-ring (bicyclic) bond motifs is 5. The first kappa shape index (κ1) is 18.0. The molecule has 26 heavy (non-hydrogen) atoms. The highest BCUT2D eigenvalue weighted by atomic mass is 16.5. The Hall–Kier alpha value is -0.0800. The van der Waals surface area contributed by atoms with E-state index in [1.807, 2.05) is 0 Å². The molecule has 148 valence electrons. The van der Waals surface area contributed by atoms with Crippen LogP contribution in [0.25, 0.3) is 0 Å². The minimum Gasteiger partial charge on any atom is -0.393 e. The van der Waals surface area contributed by atoms with Gasteiger partial charge in [-0.2, -0.15) is 0 Å². The number of rotatable bonds is 1. The molecule has 4 aliphatic carbocycles. The van der Waals surface area contributed by atoms with Crippen LogP contribution in [0.15, 0.2) is 0 Å². The maximum Gasteiger partial charge on any atom is 0.0688 e. The molecule has 0 aromatic rings. The van der Waals surface area contributed by atoms with Crippen LogP contribution in [0.5, 0.6) is 0 Å². The van der Waals surface area contributed by atoms with Gasteiger partial charge < -0.3 is 9.84 Å². The molecular weight excluding hydrogens is 320 g/mol. The highest BCUT2D eigenvalue weighted by Crippen LogP contribution is 2.69. The standard InChI is InChI=1S/C24H40O2/c1-22-12-9-17(25)15-16(22)5-6-18-19-7-8-21(24(3)11-4-14-26-24)23(19,2)13-10-20(18)22/h16-21,25H,4-15H2,1-3H3/t16-,17+,18-,19-,20-,21-,22-,23-,24?/m0/s1. The lowest BCUT2D eigenvalue weighted by Gasteiger charge is -2.61. The van der Waals surface area contributed by atoms with Gasteiger partial charge in [-0.25, -0.2) is 0 Å².